The highest BCUT2D eigenvalue weighted by atomic mass is 16.6. The van der Waals surface area contributed by atoms with Crippen LogP contribution in [0, 0.1) is 5.92 Å². The molecule has 7 nitrogen and oxygen atoms in total. The minimum atomic E-state index is -0.263. The van der Waals surface area contributed by atoms with E-state index in [2.05, 4.69) is 10.3 Å². The van der Waals surface area contributed by atoms with Crippen LogP contribution in [0.25, 0.3) is 0 Å². The summed E-state index contributed by atoms with van der Waals surface area (Å²) in [6.45, 7) is 0.778. The zero-order chi connectivity index (χ0) is 22.6. The molecule has 2 aromatic carbocycles. The second-order valence-corrected chi connectivity index (χ2v) is 8.24. The van der Waals surface area contributed by atoms with Gasteiger partial charge in [0.05, 0.1) is 25.4 Å². The Balaban J connectivity index is 1.19. The van der Waals surface area contributed by atoms with Gasteiger partial charge >= 0.3 is 0 Å². The predicted molar refractivity (Wildman–Crippen MR) is 120 cm³/mol. The Kier molecular flexibility index (Phi) is 6.15. The molecule has 0 saturated carbocycles. The van der Waals surface area contributed by atoms with Gasteiger partial charge in [0.25, 0.3) is 5.91 Å². The number of nitrogens with zero attached hydrogens (tertiary/aromatic N) is 1. The number of ketones is 1. The lowest BCUT2D eigenvalue weighted by Gasteiger charge is -2.18. The normalized spacial score (nSPS) is 23.6. The monoisotopic (exact) mass is 444 g/mol. The summed E-state index contributed by atoms with van der Waals surface area (Å²) in [6.07, 6.45) is 2.98. The van der Waals surface area contributed by atoms with E-state index in [1.165, 1.54) is 0 Å². The van der Waals surface area contributed by atoms with Crippen LogP contribution >= 0.6 is 0 Å². The van der Waals surface area contributed by atoms with Gasteiger partial charge in [-0.1, -0.05) is 30.3 Å². The molecule has 4 atom stereocenters. The van der Waals surface area contributed by atoms with E-state index >= 15 is 0 Å². The lowest BCUT2D eigenvalue weighted by atomic mass is 9.92. The average molecular weight is 444 g/mol. The predicted octanol–water partition coefficient (Wildman–Crippen LogP) is 3.66. The molecule has 5 rings (SSSR count). The van der Waals surface area contributed by atoms with Crippen molar-refractivity contribution >= 4 is 11.7 Å². The third-order valence-corrected chi connectivity index (χ3v) is 6.00. The first kappa shape index (κ1) is 21.3. The molecule has 3 heterocycles. The molecule has 1 aromatic heterocycles. The van der Waals surface area contributed by atoms with Crippen LogP contribution in [0.2, 0.25) is 0 Å². The van der Waals surface area contributed by atoms with Crippen molar-refractivity contribution in [2.45, 2.75) is 24.7 Å². The molecule has 0 aliphatic carbocycles. The van der Waals surface area contributed by atoms with Crippen molar-refractivity contribution in [2.75, 3.05) is 13.2 Å². The molecule has 2 fully saturated rings. The Morgan fingerprint density at radius 1 is 0.879 bits per heavy atom. The highest BCUT2D eigenvalue weighted by molar-refractivity contribution is 5.96. The standard InChI is InChI=1S/C26H24N2O5/c29-23(18-5-4-8-21(13-18)33-20-6-2-1-3-7-20)14-19-15-31-25-22(16-32-24(19)25)28-26(30)17-9-11-27-12-10-17/h1-13,19,22,24-25H,14-16H2,(H,28,30)/t19-,22-,24+,25+/m0/s1. The Hall–Kier alpha value is -3.55. The van der Waals surface area contributed by atoms with E-state index in [0.29, 0.717) is 42.3 Å². The second kappa shape index (κ2) is 9.52. The molecule has 1 amide bonds. The van der Waals surface area contributed by atoms with Crippen LogP contribution in [-0.4, -0.2) is 48.1 Å². The number of nitrogens with one attached hydrogen (secondary N) is 1. The number of ether oxygens (including phenoxy) is 3. The highest BCUT2D eigenvalue weighted by Crippen LogP contribution is 2.34. The maximum atomic E-state index is 13.0. The van der Waals surface area contributed by atoms with Crippen LogP contribution in [0.4, 0.5) is 0 Å². The molecule has 1 N–H and O–H groups in total. The number of fused-ring (bicyclic) bond motifs is 1. The largest absolute Gasteiger partial charge is 0.457 e. The maximum absolute atomic E-state index is 13.0. The molecule has 0 radical (unpaired) electrons. The molecule has 2 aliphatic heterocycles. The van der Waals surface area contributed by atoms with E-state index in [-0.39, 0.29) is 35.9 Å². The first-order valence-corrected chi connectivity index (χ1v) is 11.0. The van der Waals surface area contributed by atoms with E-state index in [1.54, 1.807) is 36.7 Å². The number of hydrogen-bond acceptors (Lipinski definition) is 6. The molecule has 3 aromatic rings. The number of hydrogen-bond donors (Lipinski definition) is 1. The van der Waals surface area contributed by atoms with Crippen molar-refractivity contribution in [1.29, 1.82) is 0 Å². The maximum Gasteiger partial charge on any atom is 0.251 e. The fourth-order valence-electron chi connectivity index (χ4n) is 4.35. The summed E-state index contributed by atoms with van der Waals surface area (Å²) in [5, 5.41) is 2.98. The van der Waals surface area contributed by atoms with Gasteiger partial charge in [-0.2, -0.15) is 0 Å². The number of aromatic nitrogens is 1. The summed E-state index contributed by atoms with van der Waals surface area (Å²) in [4.78, 5) is 29.4. The van der Waals surface area contributed by atoms with Gasteiger partial charge in [-0.05, 0) is 36.4 Å². The van der Waals surface area contributed by atoms with Crippen molar-refractivity contribution in [3.05, 3.63) is 90.3 Å². The number of carbonyl (C=O) groups is 2. The topological polar surface area (TPSA) is 86.8 Å². The lowest BCUT2D eigenvalue weighted by molar-refractivity contribution is 0.0591. The van der Waals surface area contributed by atoms with Gasteiger partial charge < -0.3 is 19.5 Å². The molecule has 2 saturated heterocycles. The summed E-state index contributed by atoms with van der Waals surface area (Å²) >= 11 is 0. The van der Waals surface area contributed by atoms with E-state index in [9.17, 15) is 9.59 Å². The molecular formula is C26H24N2O5. The van der Waals surface area contributed by atoms with E-state index in [1.807, 2.05) is 42.5 Å². The molecular weight excluding hydrogens is 420 g/mol. The zero-order valence-corrected chi connectivity index (χ0v) is 17.9. The summed E-state index contributed by atoms with van der Waals surface area (Å²) < 4.78 is 17.7. The zero-order valence-electron chi connectivity index (χ0n) is 17.9. The molecule has 7 heteroatoms. The number of para-hydroxylation sites is 1. The van der Waals surface area contributed by atoms with Gasteiger partial charge in [-0.3, -0.25) is 14.6 Å². The SMILES string of the molecule is O=C(C[C@H]1CO[C@H]2[C@@H]1OC[C@@H]2NC(=O)c1ccncc1)c1cccc(Oc2ccccc2)c1. The van der Waals surface area contributed by atoms with Gasteiger partial charge in [0.15, 0.2) is 5.78 Å². The second-order valence-electron chi connectivity index (χ2n) is 8.24. The van der Waals surface area contributed by atoms with Crippen molar-refractivity contribution in [1.82, 2.24) is 10.3 Å². The van der Waals surface area contributed by atoms with Crippen molar-refractivity contribution in [3.63, 3.8) is 0 Å². The van der Waals surface area contributed by atoms with Crippen LogP contribution in [0.15, 0.2) is 79.1 Å². The Morgan fingerprint density at radius 3 is 2.45 bits per heavy atom. The first-order chi connectivity index (χ1) is 16.2. The Bertz CT molecular complexity index is 1120. The minimum Gasteiger partial charge on any atom is -0.457 e. The lowest BCUT2D eigenvalue weighted by Crippen LogP contribution is -2.44. The first-order valence-electron chi connectivity index (χ1n) is 11.0. The molecule has 0 bridgehead atoms. The number of benzene rings is 2. The minimum absolute atomic E-state index is 0.00985. The van der Waals surface area contributed by atoms with Crippen molar-refractivity contribution in [2.24, 2.45) is 5.92 Å². The van der Waals surface area contributed by atoms with Crippen molar-refractivity contribution < 1.29 is 23.8 Å². The molecule has 168 valence electrons. The highest BCUT2D eigenvalue weighted by Gasteiger charge is 2.48. The van der Waals surface area contributed by atoms with Gasteiger partial charge in [-0.25, -0.2) is 0 Å². The van der Waals surface area contributed by atoms with Crippen LogP contribution in [0.1, 0.15) is 27.1 Å². The Morgan fingerprint density at radius 2 is 1.64 bits per heavy atom. The van der Waals surface area contributed by atoms with Gasteiger partial charge in [0.2, 0.25) is 0 Å². The summed E-state index contributed by atoms with van der Waals surface area (Å²) in [5.74, 6) is 1.08. The van der Waals surface area contributed by atoms with E-state index < -0.39 is 0 Å². The third-order valence-electron chi connectivity index (χ3n) is 6.00. The fraction of sp³-hybridized carbons (Fsp3) is 0.269. The van der Waals surface area contributed by atoms with Gasteiger partial charge in [0, 0.05) is 35.9 Å². The quantitative estimate of drug-likeness (QED) is 0.560. The number of rotatable bonds is 7. The third kappa shape index (κ3) is 4.79. The number of amides is 1. The van der Waals surface area contributed by atoms with Crippen LogP contribution in [0.5, 0.6) is 11.5 Å². The average Bonchev–Trinajstić information content (AvgIpc) is 3.44. The summed E-state index contributed by atoms with van der Waals surface area (Å²) in [6, 6.07) is 19.7. The molecule has 0 unspecified atom stereocenters. The molecule has 2 aliphatic rings. The summed E-state index contributed by atoms with van der Waals surface area (Å²) in [5.41, 5.74) is 1.13. The van der Waals surface area contributed by atoms with Crippen molar-refractivity contribution in [3.8, 4) is 11.5 Å². The van der Waals surface area contributed by atoms with Gasteiger partial charge in [-0.15, -0.1) is 0 Å². The van der Waals surface area contributed by atoms with Gasteiger partial charge in [0.1, 0.15) is 17.6 Å². The smallest absolute Gasteiger partial charge is 0.251 e. The number of pyridine rings is 1. The molecule has 0 spiro atoms. The van der Waals surface area contributed by atoms with Crippen LogP contribution in [-0.2, 0) is 9.47 Å². The fourth-order valence-corrected chi connectivity index (χ4v) is 4.35. The summed E-state index contributed by atoms with van der Waals surface area (Å²) in [7, 11) is 0. The van der Waals surface area contributed by atoms with E-state index in [4.69, 9.17) is 14.2 Å². The van der Waals surface area contributed by atoms with Crippen LogP contribution < -0.4 is 10.1 Å². The van der Waals surface area contributed by atoms with E-state index in [0.717, 1.165) is 0 Å². The Labute approximate surface area is 191 Å². The van der Waals surface area contributed by atoms with Crippen LogP contribution in [0.3, 0.4) is 0 Å². The number of Topliss-reactive ketones (excluding diaryl/α,β-unsaturated/α-hetero) is 1. The molecule has 33 heavy (non-hydrogen) atoms. The number of carbonyl (C=O) groups excluding carboxylic acids is 2.